The van der Waals surface area contributed by atoms with Crippen LogP contribution in [0.2, 0.25) is 0 Å². The van der Waals surface area contributed by atoms with Crippen LogP contribution in [0, 0.1) is 0 Å². The van der Waals surface area contributed by atoms with Crippen molar-refractivity contribution in [2.75, 3.05) is 19.6 Å². The summed E-state index contributed by atoms with van der Waals surface area (Å²) in [6.45, 7) is 5.30. The molecular formula is C22H32N6OS. The van der Waals surface area contributed by atoms with Crippen LogP contribution in [0.3, 0.4) is 0 Å². The molecule has 30 heavy (non-hydrogen) atoms. The Balaban J connectivity index is 1.42. The van der Waals surface area contributed by atoms with Crippen molar-refractivity contribution in [3.63, 3.8) is 0 Å². The molecule has 0 spiro atoms. The fourth-order valence-electron chi connectivity index (χ4n) is 5.04. The first-order chi connectivity index (χ1) is 14.7. The third-order valence-corrected chi connectivity index (χ3v) is 7.83. The summed E-state index contributed by atoms with van der Waals surface area (Å²) in [4.78, 5) is 20.7. The highest BCUT2D eigenvalue weighted by Crippen LogP contribution is 2.32. The van der Waals surface area contributed by atoms with Crippen molar-refractivity contribution in [1.82, 2.24) is 31.2 Å². The predicted octanol–water partition coefficient (Wildman–Crippen LogP) is 1.93. The van der Waals surface area contributed by atoms with Gasteiger partial charge in [-0.25, -0.2) is 4.98 Å². The first-order valence-corrected chi connectivity index (χ1v) is 12.1. The number of para-hydroxylation sites is 1. The second-order valence-electron chi connectivity index (χ2n) is 8.85. The Kier molecular flexibility index (Phi) is 6.02. The van der Waals surface area contributed by atoms with Gasteiger partial charge in [0.2, 0.25) is 5.91 Å². The van der Waals surface area contributed by atoms with Gasteiger partial charge >= 0.3 is 0 Å². The van der Waals surface area contributed by atoms with Crippen LogP contribution in [0.5, 0.6) is 0 Å². The Morgan fingerprint density at radius 1 is 1.20 bits per heavy atom. The molecule has 1 amide bonds. The summed E-state index contributed by atoms with van der Waals surface area (Å²) in [6.07, 6.45) is 5.65. The minimum Gasteiger partial charge on any atom is -0.327 e. The summed E-state index contributed by atoms with van der Waals surface area (Å²) in [7, 11) is 0. The molecule has 1 aromatic carbocycles. The third-order valence-electron chi connectivity index (χ3n) is 6.71. The van der Waals surface area contributed by atoms with E-state index in [4.69, 9.17) is 4.98 Å². The Hall–Kier alpha value is -1.58. The summed E-state index contributed by atoms with van der Waals surface area (Å²) in [5, 5.41) is 15.1. The predicted molar refractivity (Wildman–Crippen MR) is 120 cm³/mol. The molecule has 3 aliphatic rings. The highest BCUT2D eigenvalue weighted by molar-refractivity contribution is 7.18. The van der Waals surface area contributed by atoms with Crippen molar-refractivity contribution < 1.29 is 4.79 Å². The summed E-state index contributed by atoms with van der Waals surface area (Å²) in [6, 6.07) is 8.96. The van der Waals surface area contributed by atoms with Crippen LogP contribution in [-0.2, 0) is 4.79 Å². The molecule has 2 aromatic rings. The number of piperidine rings is 2. The van der Waals surface area contributed by atoms with Gasteiger partial charge < -0.3 is 10.6 Å². The van der Waals surface area contributed by atoms with E-state index in [1.54, 1.807) is 11.3 Å². The molecule has 162 valence electrons. The molecule has 4 unspecified atom stereocenters. The van der Waals surface area contributed by atoms with Crippen molar-refractivity contribution in [3.8, 4) is 0 Å². The fraction of sp³-hybridized carbons (Fsp3) is 0.636. The maximum Gasteiger partial charge on any atom is 0.235 e. The van der Waals surface area contributed by atoms with Crippen LogP contribution >= 0.6 is 11.3 Å². The number of aromatic nitrogens is 1. The lowest BCUT2D eigenvalue weighted by molar-refractivity contribution is -0.130. The van der Waals surface area contributed by atoms with E-state index in [1.165, 1.54) is 19.3 Å². The number of benzene rings is 1. The van der Waals surface area contributed by atoms with Crippen LogP contribution in [0.25, 0.3) is 10.2 Å². The zero-order chi connectivity index (χ0) is 20.5. The topological polar surface area (TPSA) is 81.3 Å². The van der Waals surface area contributed by atoms with Crippen molar-refractivity contribution in [2.24, 2.45) is 0 Å². The monoisotopic (exact) mass is 428 g/mol. The number of fused-ring (bicyclic) bond motifs is 1. The summed E-state index contributed by atoms with van der Waals surface area (Å²) in [5.41, 5.74) is 0.968. The van der Waals surface area contributed by atoms with Gasteiger partial charge in [0, 0.05) is 25.2 Å². The molecule has 0 aliphatic carbocycles. The minimum absolute atomic E-state index is 0.0665. The highest BCUT2D eigenvalue weighted by atomic mass is 32.1. The molecule has 8 heteroatoms. The number of carbonyl (C=O) groups excluding carboxylic acids is 1. The maximum atomic E-state index is 13.4. The summed E-state index contributed by atoms with van der Waals surface area (Å²) in [5.74, 6) is -0.266. The second kappa shape index (κ2) is 8.88. The minimum atomic E-state index is -0.333. The molecule has 5 atom stereocenters. The van der Waals surface area contributed by atoms with Crippen molar-refractivity contribution >= 4 is 27.5 Å². The van der Waals surface area contributed by atoms with E-state index < -0.39 is 0 Å². The van der Waals surface area contributed by atoms with Crippen molar-refractivity contribution in [2.45, 2.75) is 69.5 Å². The van der Waals surface area contributed by atoms with Gasteiger partial charge in [-0.15, -0.1) is 11.3 Å². The van der Waals surface area contributed by atoms with Gasteiger partial charge in [0.15, 0.2) is 0 Å². The van der Waals surface area contributed by atoms with E-state index in [9.17, 15) is 4.79 Å². The van der Waals surface area contributed by atoms with E-state index in [0.717, 1.165) is 47.7 Å². The van der Waals surface area contributed by atoms with E-state index in [2.05, 4.69) is 39.2 Å². The Morgan fingerprint density at radius 2 is 2.10 bits per heavy atom. The van der Waals surface area contributed by atoms with Gasteiger partial charge in [0.25, 0.3) is 0 Å². The van der Waals surface area contributed by atoms with Gasteiger partial charge in [-0.05, 0) is 51.3 Å². The number of thiazole rings is 1. The smallest absolute Gasteiger partial charge is 0.235 e. The Labute approximate surface area is 182 Å². The van der Waals surface area contributed by atoms with Gasteiger partial charge in [0.05, 0.1) is 16.4 Å². The van der Waals surface area contributed by atoms with Gasteiger partial charge in [-0.2, -0.15) is 0 Å². The lowest BCUT2D eigenvalue weighted by Crippen LogP contribution is -2.72. The van der Waals surface area contributed by atoms with Crippen molar-refractivity contribution in [3.05, 3.63) is 29.3 Å². The number of hydrogen-bond acceptors (Lipinski definition) is 7. The maximum absolute atomic E-state index is 13.4. The van der Waals surface area contributed by atoms with E-state index in [1.807, 2.05) is 18.2 Å². The quantitative estimate of drug-likeness (QED) is 0.596. The van der Waals surface area contributed by atoms with Crippen LogP contribution < -0.4 is 21.3 Å². The molecule has 7 nitrogen and oxygen atoms in total. The van der Waals surface area contributed by atoms with Crippen molar-refractivity contribution in [1.29, 1.82) is 0 Å². The molecule has 0 bridgehead atoms. The van der Waals surface area contributed by atoms with Crippen LogP contribution in [0.15, 0.2) is 24.3 Å². The van der Waals surface area contributed by atoms with Gasteiger partial charge in [0.1, 0.15) is 17.2 Å². The van der Waals surface area contributed by atoms with Crippen LogP contribution in [-0.4, -0.2) is 60.0 Å². The first kappa shape index (κ1) is 20.3. The summed E-state index contributed by atoms with van der Waals surface area (Å²) >= 11 is 1.63. The third kappa shape index (κ3) is 4.11. The molecule has 0 saturated carbocycles. The first-order valence-electron chi connectivity index (χ1n) is 11.3. The SMILES string of the molecule is CC1CCCCN1C1NC(=O)C(c2nc3ccccc3s2)C(N[C@@H]2CCCNC2)N1. The van der Waals surface area contributed by atoms with Gasteiger partial charge in [-0.1, -0.05) is 18.6 Å². The van der Waals surface area contributed by atoms with Crippen LogP contribution in [0.4, 0.5) is 0 Å². The van der Waals surface area contributed by atoms with Crippen LogP contribution in [0.1, 0.15) is 50.0 Å². The van der Waals surface area contributed by atoms with E-state index in [0.29, 0.717) is 12.1 Å². The molecule has 1 aromatic heterocycles. The zero-order valence-corrected chi connectivity index (χ0v) is 18.4. The van der Waals surface area contributed by atoms with E-state index >= 15 is 0 Å². The molecule has 4 heterocycles. The molecule has 3 fully saturated rings. The number of likely N-dealkylation sites (tertiary alicyclic amines) is 1. The number of hydrogen-bond donors (Lipinski definition) is 4. The number of carbonyl (C=O) groups is 1. The normalized spacial score (nSPS) is 33.5. The number of nitrogens with zero attached hydrogens (tertiary/aromatic N) is 2. The Morgan fingerprint density at radius 3 is 2.90 bits per heavy atom. The fourth-order valence-corrected chi connectivity index (χ4v) is 6.14. The lowest BCUT2D eigenvalue weighted by atomic mass is 9.99. The molecule has 0 radical (unpaired) electrons. The van der Waals surface area contributed by atoms with E-state index in [-0.39, 0.29) is 24.3 Å². The molecule has 5 rings (SSSR count). The highest BCUT2D eigenvalue weighted by Gasteiger charge is 2.42. The average molecular weight is 429 g/mol. The Bertz CT molecular complexity index is 848. The molecule has 3 aliphatic heterocycles. The largest absolute Gasteiger partial charge is 0.327 e. The summed E-state index contributed by atoms with van der Waals surface area (Å²) < 4.78 is 1.13. The number of nitrogens with one attached hydrogen (secondary N) is 4. The molecule has 4 N–H and O–H groups in total. The second-order valence-corrected chi connectivity index (χ2v) is 9.91. The lowest BCUT2D eigenvalue weighted by Gasteiger charge is -2.46. The zero-order valence-electron chi connectivity index (χ0n) is 17.6. The molecule has 3 saturated heterocycles. The average Bonchev–Trinajstić information content (AvgIpc) is 3.18. The number of rotatable bonds is 4. The van der Waals surface area contributed by atoms with Gasteiger partial charge in [-0.3, -0.25) is 20.3 Å². The number of amides is 1. The standard InChI is InChI=1S/C22H32N6OS/c1-14-7-4-5-12-28(14)22-26-19(24-15-8-6-11-23-13-15)18(20(29)27-22)21-25-16-9-2-3-10-17(16)30-21/h2-3,9-10,14-15,18-19,22-24,26H,4-8,11-13H2,1H3,(H,27,29)/t14?,15-,18?,19?,22?/m1/s1. The molecular weight excluding hydrogens is 396 g/mol.